The number of hydrogen-bond acceptors (Lipinski definition) is 6. The zero-order valence-electron chi connectivity index (χ0n) is 15.6. The normalized spacial score (nSPS) is 14.4. The fourth-order valence-corrected chi connectivity index (χ4v) is 4.12. The summed E-state index contributed by atoms with van der Waals surface area (Å²) < 4.78 is 1.72. The molecular formula is C18H22N6O2S. The van der Waals surface area contributed by atoms with E-state index in [4.69, 9.17) is 0 Å². The number of carbonyl (C=O) groups is 1. The van der Waals surface area contributed by atoms with Crippen LogP contribution in [0.25, 0.3) is 11.0 Å². The Balaban J connectivity index is 1.51. The molecule has 0 fully saturated rings. The fraction of sp³-hybridized carbons (Fsp3) is 0.444. The van der Waals surface area contributed by atoms with Gasteiger partial charge in [0.2, 0.25) is 11.9 Å². The molecule has 0 atom stereocenters. The van der Waals surface area contributed by atoms with Gasteiger partial charge in [-0.05, 0) is 44.2 Å². The van der Waals surface area contributed by atoms with Crippen molar-refractivity contribution < 1.29 is 4.79 Å². The van der Waals surface area contributed by atoms with E-state index >= 15 is 0 Å². The SMILES string of the molecule is CC(C)(C)n1ncc2c(=O)[nH]c(NCC(=O)N3CCc4sccc4C3)nc21. The molecule has 2 N–H and O–H groups in total. The number of hydrogen-bond donors (Lipinski definition) is 2. The second-order valence-electron chi connectivity index (χ2n) is 7.67. The predicted molar refractivity (Wildman–Crippen MR) is 105 cm³/mol. The van der Waals surface area contributed by atoms with Crippen LogP contribution >= 0.6 is 11.3 Å². The number of H-pyrrole nitrogens is 1. The molecule has 0 saturated carbocycles. The summed E-state index contributed by atoms with van der Waals surface area (Å²) >= 11 is 1.74. The summed E-state index contributed by atoms with van der Waals surface area (Å²) in [6.45, 7) is 7.42. The third-order valence-corrected chi connectivity index (χ3v) is 5.66. The maximum atomic E-state index is 12.6. The number of thiophene rings is 1. The maximum Gasteiger partial charge on any atom is 0.263 e. The molecule has 4 heterocycles. The first-order chi connectivity index (χ1) is 12.8. The molecule has 3 aromatic heterocycles. The molecule has 142 valence electrons. The van der Waals surface area contributed by atoms with Gasteiger partial charge in [0.25, 0.3) is 5.56 Å². The van der Waals surface area contributed by atoms with Crippen LogP contribution in [0.3, 0.4) is 0 Å². The highest BCUT2D eigenvalue weighted by molar-refractivity contribution is 7.10. The molecule has 3 aromatic rings. The van der Waals surface area contributed by atoms with Crippen molar-refractivity contribution in [3.8, 4) is 0 Å². The Labute approximate surface area is 160 Å². The van der Waals surface area contributed by atoms with Crippen LogP contribution in [0.5, 0.6) is 0 Å². The van der Waals surface area contributed by atoms with Crippen molar-refractivity contribution in [1.82, 2.24) is 24.6 Å². The van der Waals surface area contributed by atoms with Gasteiger partial charge in [0.15, 0.2) is 5.65 Å². The first-order valence-corrected chi connectivity index (χ1v) is 9.76. The lowest BCUT2D eigenvalue weighted by molar-refractivity contribution is -0.130. The van der Waals surface area contributed by atoms with Gasteiger partial charge >= 0.3 is 0 Å². The molecule has 1 amide bonds. The lowest BCUT2D eigenvalue weighted by Crippen LogP contribution is -2.39. The molecule has 1 aliphatic rings. The van der Waals surface area contributed by atoms with Crippen molar-refractivity contribution in [3.63, 3.8) is 0 Å². The Morgan fingerprint density at radius 2 is 2.22 bits per heavy atom. The summed E-state index contributed by atoms with van der Waals surface area (Å²) in [6, 6.07) is 2.08. The Bertz CT molecular complexity index is 1060. The van der Waals surface area contributed by atoms with Gasteiger partial charge in [-0.25, -0.2) is 4.68 Å². The largest absolute Gasteiger partial charge is 0.347 e. The minimum atomic E-state index is -0.304. The van der Waals surface area contributed by atoms with E-state index in [0.717, 1.165) is 6.42 Å². The fourth-order valence-electron chi connectivity index (χ4n) is 3.23. The van der Waals surface area contributed by atoms with E-state index in [1.165, 1.54) is 16.6 Å². The Morgan fingerprint density at radius 1 is 1.41 bits per heavy atom. The number of carbonyl (C=O) groups excluding carboxylic acids is 1. The molecule has 0 radical (unpaired) electrons. The van der Waals surface area contributed by atoms with E-state index in [-0.39, 0.29) is 29.5 Å². The molecule has 1 aliphatic heterocycles. The van der Waals surface area contributed by atoms with Gasteiger partial charge in [-0.3, -0.25) is 14.6 Å². The van der Waals surface area contributed by atoms with Crippen LogP contribution in [0, 0.1) is 0 Å². The Kier molecular flexibility index (Phi) is 4.26. The standard InChI is InChI=1S/C18H22N6O2S/c1-18(2,3)24-15-12(8-20-24)16(26)22-17(21-15)19-9-14(25)23-6-4-13-11(10-23)5-7-27-13/h5,7-8H,4,6,9-10H2,1-3H3,(H2,19,21,22,26). The van der Waals surface area contributed by atoms with Gasteiger partial charge in [-0.2, -0.15) is 10.1 Å². The van der Waals surface area contributed by atoms with Gasteiger partial charge in [-0.15, -0.1) is 11.3 Å². The van der Waals surface area contributed by atoms with E-state index in [9.17, 15) is 9.59 Å². The third-order valence-electron chi connectivity index (χ3n) is 4.64. The van der Waals surface area contributed by atoms with Crippen molar-refractivity contribution in [2.24, 2.45) is 0 Å². The van der Waals surface area contributed by atoms with Gasteiger partial charge < -0.3 is 10.2 Å². The quantitative estimate of drug-likeness (QED) is 0.717. The highest BCUT2D eigenvalue weighted by atomic mass is 32.1. The third kappa shape index (κ3) is 3.34. The van der Waals surface area contributed by atoms with Crippen molar-refractivity contribution in [2.75, 3.05) is 18.4 Å². The zero-order valence-corrected chi connectivity index (χ0v) is 16.4. The molecule has 0 unspecified atom stereocenters. The predicted octanol–water partition coefficient (Wildman–Crippen LogP) is 1.93. The number of amides is 1. The van der Waals surface area contributed by atoms with E-state index in [2.05, 4.69) is 31.8 Å². The molecule has 9 heteroatoms. The minimum absolute atomic E-state index is 0.0149. The number of rotatable bonds is 3. The first-order valence-electron chi connectivity index (χ1n) is 8.88. The second-order valence-corrected chi connectivity index (χ2v) is 8.67. The number of aromatic nitrogens is 4. The molecule has 8 nitrogen and oxygen atoms in total. The molecule has 0 bridgehead atoms. The number of nitrogens with zero attached hydrogens (tertiary/aromatic N) is 4. The lowest BCUT2D eigenvalue weighted by atomic mass is 10.1. The molecular weight excluding hydrogens is 364 g/mol. The van der Waals surface area contributed by atoms with E-state index in [1.54, 1.807) is 16.0 Å². The molecule has 0 aromatic carbocycles. The molecule has 0 spiro atoms. The summed E-state index contributed by atoms with van der Waals surface area (Å²) in [5.74, 6) is 0.263. The van der Waals surface area contributed by atoms with Gasteiger partial charge in [-0.1, -0.05) is 0 Å². The molecule has 27 heavy (non-hydrogen) atoms. The average molecular weight is 386 g/mol. The highest BCUT2D eigenvalue weighted by Gasteiger charge is 2.22. The van der Waals surface area contributed by atoms with Crippen LogP contribution in [0.4, 0.5) is 5.95 Å². The molecule has 4 rings (SSSR count). The summed E-state index contributed by atoms with van der Waals surface area (Å²) in [5, 5.41) is 9.75. The van der Waals surface area contributed by atoms with Gasteiger partial charge in [0.05, 0.1) is 18.3 Å². The van der Waals surface area contributed by atoms with E-state index in [1.807, 2.05) is 25.7 Å². The average Bonchev–Trinajstić information content (AvgIpc) is 3.25. The van der Waals surface area contributed by atoms with Gasteiger partial charge in [0.1, 0.15) is 5.39 Å². The summed E-state index contributed by atoms with van der Waals surface area (Å²) in [5.41, 5.74) is 1.15. The van der Waals surface area contributed by atoms with Crippen molar-refractivity contribution >= 4 is 34.2 Å². The van der Waals surface area contributed by atoms with Crippen molar-refractivity contribution in [1.29, 1.82) is 0 Å². The molecule has 0 aliphatic carbocycles. The number of aromatic amines is 1. The van der Waals surface area contributed by atoms with Crippen LogP contribution < -0.4 is 10.9 Å². The Hall–Kier alpha value is -2.68. The monoisotopic (exact) mass is 386 g/mol. The zero-order chi connectivity index (χ0) is 19.2. The van der Waals surface area contributed by atoms with Crippen molar-refractivity contribution in [3.05, 3.63) is 38.4 Å². The highest BCUT2D eigenvalue weighted by Crippen LogP contribution is 2.24. The van der Waals surface area contributed by atoms with Gasteiger partial charge in [0, 0.05) is 18.0 Å². The summed E-state index contributed by atoms with van der Waals surface area (Å²) in [4.78, 5) is 35.2. The van der Waals surface area contributed by atoms with Crippen LogP contribution in [0.2, 0.25) is 0 Å². The van der Waals surface area contributed by atoms with Crippen LogP contribution in [-0.4, -0.2) is 43.6 Å². The first kappa shape index (κ1) is 17.7. The smallest absolute Gasteiger partial charge is 0.263 e. The Morgan fingerprint density at radius 3 is 3.00 bits per heavy atom. The second kappa shape index (κ2) is 6.49. The van der Waals surface area contributed by atoms with Crippen LogP contribution in [0.15, 0.2) is 22.4 Å². The maximum absolute atomic E-state index is 12.6. The number of nitrogens with one attached hydrogen (secondary N) is 2. The van der Waals surface area contributed by atoms with Crippen LogP contribution in [0.1, 0.15) is 31.2 Å². The summed E-state index contributed by atoms with van der Waals surface area (Å²) in [6.07, 6.45) is 2.41. The van der Waals surface area contributed by atoms with Crippen molar-refractivity contribution in [2.45, 2.75) is 39.3 Å². The van der Waals surface area contributed by atoms with E-state index < -0.39 is 0 Å². The number of anilines is 1. The minimum Gasteiger partial charge on any atom is -0.347 e. The molecule has 0 saturated heterocycles. The van der Waals surface area contributed by atoms with Crippen LogP contribution in [-0.2, 0) is 23.3 Å². The summed E-state index contributed by atoms with van der Waals surface area (Å²) in [7, 11) is 0. The van der Waals surface area contributed by atoms with E-state index in [0.29, 0.717) is 24.1 Å². The lowest BCUT2D eigenvalue weighted by Gasteiger charge is -2.27. The number of fused-ring (bicyclic) bond motifs is 2. The topological polar surface area (TPSA) is 95.9 Å².